The molecule has 0 aliphatic rings. The van der Waals surface area contributed by atoms with E-state index in [-0.39, 0.29) is 19.0 Å². The molecule has 2 amide bonds. The molecule has 0 aliphatic carbocycles. The van der Waals surface area contributed by atoms with E-state index in [0.717, 1.165) is 10.6 Å². The summed E-state index contributed by atoms with van der Waals surface area (Å²) in [6, 6.07) is 10.1. The number of ether oxygens (including phenoxy) is 3. The number of rotatable bonds is 9. The lowest BCUT2D eigenvalue weighted by Crippen LogP contribution is -2.42. The zero-order valence-electron chi connectivity index (χ0n) is 19.5. The van der Waals surface area contributed by atoms with Crippen molar-refractivity contribution in [3.63, 3.8) is 0 Å². The fourth-order valence-corrected chi connectivity index (χ4v) is 3.28. The van der Waals surface area contributed by atoms with Crippen molar-refractivity contribution in [1.29, 1.82) is 0 Å². The molecule has 0 spiro atoms. The van der Waals surface area contributed by atoms with Crippen molar-refractivity contribution in [2.45, 2.75) is 13.0 Å². The van der Waals surface area contributed by atoms with Crippen LogP contribution in [0.25, 0.3) is 22.5 Å². The highest BCUT2D eigenvalue weighted by molar-refractivity contribution is 5.91. The van der Waals surface area contributed by atoms with Crippen LogP contribution >= 0.6 is 12.4 Å². The number of nitrogens with one attached hydrogen (secondary N) is 1. The van der Waals surface area contributed by atoms with Gasteiger partial charge in [-0.2, -0.15) is 5.06 Å². The quantitative estimate of drug-likeness (QED) is 0.431. The number of anilines is 1. The van der Waals surface area contributed by atoms with Gasteiger partial charge in [0.25, 0.3) is 0 Å². The Balaban J connectivity index is 0.00000408. The van der Waals surface area contributed by atoms with Crippen molar-refractivity contribution in [2.75, 3.05) is 40.0 Å². The third-order valence-corrected chi connectivity index (χ3v) is 4.80. The van der Waals surface area contributed by atoms with E-state index >= 15 is 0 Å². The van der Waals surface area contributed by atoms with Crippen LogP contribution in [0.4, 0.5) is 10.5 Å². The second kappa shape index (κ2) is 12.1. The van der Waals surface area contributed by atoms with Crippen LogP contribution in [0.15, 0.2) is 47.1 Å². The van der Waals surface area contributed by atoms with E-state index in [4.69, 9.17) is 23.6 Å². The van der Waals surface area contributed by atoms with Crippen LogP contribution in [-0.2, 0) is 4.84 Å². The number of methoxy groups -OCH3 is 3. The van der Waals surface area contributed by atoms with E-state index in [1.165, 1.54) is 28.4 Å². The molecule has 1 unspecified atom stereocenters. The largest absolute Gasteiger partial charge is 0.493 e. The number of hydroxylamine groups is 1. The molecule has 0 fully saturated rings. The number of carbonyl (C=O) groups excluding carboxylic acids is 1. The van der Waals surface area contributed by atoms with Gasteiger partial charge >= 0.3 is 6.03 Å². The number of urea groups is 1. The standard InChI is InChI=1S/C23H27N3O7.ClH/c1-14(27)12-24-23(28)26(32-5)17-8-6-7-15(9-17)18-13-25-33-21(18)16-10-19(29-2)22(31-4)20(11-16)30-3;/h6-11,13-14,27H,12H2,1-5H3,(H,24,28);1H. The lowest BCUT2D eigenvalue weighted by Gasteiger charge is -2.21. The van der Waals surface area contributed by atoms with Gasteiger partial charge in [0, 0.05) is 17.7 Å². The molecule has 1 heterocycles. The SMILES string of the molecule is COc1cc(-c2oncc2-c2cccc(N(OC)C(=O)NCC(C)O)c2)cc(OC)c1OC.Cl. The first-order valence-corrected chi connectivity index (χ1v) is 10.1. The molecule has 10 nitrogen and oxygen atoms in total. The van der Waals surface area contributed by atoms with Crippen LogP contribution in [0.1, 0.15) is 6.92 Å². The van der Waals surface area contributed by atoms with Gasteiger partial charge in [-0.15, -0.1) is 12.4 Å². The molecule has 0 saturated carbocycles. The van der Waals surface area contributed by atoms with Crippen molar-refractivity contribution in [3.05, 3.63) is 42.6 Å². The lowest BCUT2D eigenvalue weighted by atomic mass is 10.0. The van der Waals surface area contributed by atoms with Crippen molar-refractivity contribution >= 4 is 24.1 Å². The Morgan fingerprint density at radius 3 is 2.32 bits per heavy atom. The molecule has 0 bridgehead atoms. The predicted molar refractivity (Wildman–Crippen MR) is 129 cm³/mol. The highest BCUT2D eigenvalue weighted by atomic mass is 35.5. The third-order valence-electron chi connectivity index (χ3n) is 4.80. The number of carbonyl (C=O) groups is 1. The molecule has 0 aliphatic heterocycles. The molecule has 1 aromatic heterocycles. The van der Waals surface area contributed by atoms with Crippen LogP contribution in [0.3, 0.4) is 0 Å². The maximum absolute atomic E-state index is 12.5. The first kappa shape index (κ1) is 26.8. The predicted octanol–water partition coefficient (Wildman–Crippen LogP) is 3.91. The number of benzene rings is 2. The van der Waals surface area contributed by atoms with Crippen molar-refractivity contribution in [2.24, 2.45) is 0 Å². The van der Waals surface area contributed by atoms with Gasteiger partial charge < -0.3 is 29.2 Å². The normalized spacial score (nSPS) is 11.2. The summed E-state index contributed by atoms with van der Waals surface area (Å²) in [5.74, 6) is 1.89. The van der Waals surface area contributed by atoms with Crippen molar-refractivity contribution in [1.82, 2.24) is 10.5 Å². The molecule has 0 saturated heterocycles. The number of nitrogens with zero attached hydrogens (tertiary/aromatic N) is 2. The maximum Gasteiger partial charge on any atom is 0.346 e. The van der Waals surface area contributed by atoms with Crippen LogP contribution in [-0.4, -0.2) is 57.4 Å². The number of halogens is 1. The van der Waals surface area contributed by atoms with Gasteiger partial charge in [0.15, 0.2) is 17.3 Å². The number of hydrogen-bond acceptors (Lipinski definition) is 8. The molecule has 0 radical (unpaired) electrons. The summed E-state index contributed by atoms with van der Waals surface area (Å²) >= 11 is 0. The molecular weight excluding hydrogens is 466 g/mol. The fraction of sp³-hybridized carbons (Fsp3) is 0.304. The first-order chi connectivity index (χ1) is 15.9. The Kier molecular flexibility index (Phi) is 9.55. The van der Waals surface area contributed by atoms with Gasteiger partial charge in [-0.3, -0.25) is 4.84 Å². The summed E-state index contributed by atoms with van der Waals surface area (Å²) in [6.45, 7) is 1.67. The second-order valence-electron chi connectivity index (χ2n) is 7.04. The van der Waals surface area contributed by atoms with Crippen molar-refractivity contribution in [3.8, 4) is 39.7 Å². The topological polar surface area (TPSA) is 116 Å². The van der Waals surface area contributed by atoms with E-state index < -0.39 is 12.1 Å². The lowest BCUT2D eigenvalue weighted by molar-refractivity contribution is 0.154. The molecule has 34 heavy (non-hydrogen) atoms. The molecule has 184 valence electrons. The van der Waals surface area contributed by atoms with E-state index in [9.17, 15) is 9.90 Å². The molecule has 3 aromatic rings. The third kappa shape index (κ3) is 5.71. The van der Waals surface area contributed by atoms with Crippen LogP contribution < -0.4 is 24.6 Å². The Bertz CT molecular complexity index is 1080. The Morgan fingerprint density at radius 1 is 1.09 bits per heavy atom. The van der Waals surface area contributed by atoms with E-state index in [1.807, 2.05) is 6.07 Å². The number of hydrogen-bond donors (Lipinski definition) is 2. The zero-order valence-corrected chi connectivity index (χ0v) is 20.3. The minimum absolute atomic E-state index is 0. The monoisotopic (exact) mass is 493 g/mol. The fourth-order valence-electron chi connectivity index (χ4n) is 3.28. The summed E-state index contributed by atoms with van der Waals surface area (Å²) in [6.07, 6.45) is 0.902. The summed E-state index contributed by atoms with van der Waals surface area (Å²) in [7, 11) is 5.99. The smallest absolute Gasteiger partial charge is 0.346 e. The highest BCUT2D eigenvalue weighted by Gasteiger charge is 2.21. The Hall–Kier alpha value is -3.47. The number of aliphatic hydroxyl groups excluding tert-OH is 1. The van der Waals surface area contributed by atoms with Gasteiger partial charge in [-0.05, 0) is 36.8 Å². The second-order valence-corrected chi connectivity index (χ2v) is 7.04. The zero-order chi connectivity index (χ0) is 24.0. The first-order valence-electron chi connectivity index (χ1n) is 10.1. The minimum atomic E-state index is -0.683. The van der Waals surface area contributed by atoms with E-state index in [1.54, 1.807) is 43.5 Å². The summed E-state index contributed by atoms with van der Waals surface area (Å²) in [5, 5.41) is 17.1. The number of amides is 2. The Labute approximate surface area is 203 Å². The summed E-state index contributed by atoms with van der Waals surface area (Å²) in [5.41, 5.74) is 2.57. The molecule has 2 aromatic carbocycles. The molecule has 11 heteroatoms. The molecular formula is C23H28ClN3O7. The summed E-state index contributed by atoms with van der Waals surface area (Å²) < 4.78 is 21.8. The Morgan fingerprint density at radius 2 is 1.76 bits per heavy atom. The average molecular weight is 494 g/mol. The molecule has 2 N–H and O–H groups in total. The van der Waals surface area contributed by atoms with Gasteiger partial charge in [0.2, 0.25) is 5.75 Å². The highest BCUT2D eigenvalue weighted by Crippen LogP contribution is 2.43. The van der Waals surface area contributed by atoms with E-state index in [2.05, 4.69) is 10.5 Å². The number of aliphatic hydroxyl groups is 1. The minimum Gasteiger partial charge on any atom is -0.493 e. The van der Waals surface area contributed by atoms with E-state index in [0.29, 0.717) is 39.8 Å². The maximum atomic E-state index is 12.5. The van der Waals surface area contributed by atoms with Crippen molar-refractivity contribution < 1.29 is 33.5 Å². The number of aromatic nitrogens is 1. The molecule has 3 rings (SSSR count). The summed E-state index contributed by atoms with van der Waals surface area (Å²) in [4.78, 5) is 17.7. The average Bonchev–Trinajstić information content (AvgIpc) is 3.32. The molecule has 1 atom stereocenters. The van der Waals surface area contributed by atoms with Crippen LogP contribution in [0.5, 0.6) is 17.2 Å². The van der Waals surface area contributed by atoms with Gasteiger partial charge in [-0.1, -0.05) is 17.3 Å². The van der Waals surface area contributed by atoms with Gasteiger partial charge in [0.05, 0.1) is 46.4 Å². The van der Waals surface area contributed by atoms with Gasteiger partial charge in [0.1, 0.15) is 0 Å². The van der Waals surface area contributed by atoms with Crippen LogP contribution in [0.2, 0.25) is 0 Å². The van der Waals surface area contributed by atoms with Gasteiger partial charge in [-0.25, -0.2) is 4.79 Å². The van der Waals surface area contributed by atoms with Crippen LogP contribution in [0, 0.1) is 0 Å².